The molecule has 0 aromatic carbocycles. The number of hydrogen-bond donors (Lipinski definition) is 2. The molecular formula is C12H20N2S. The normalized spacial score (nSPS) is 18.2. The molecule has 0 amide bonds. The van der Waals surface area contributed by atoms with Crippen LogP contribution in [0.5, 0.6) is 0 Å². The van der Waals surface area contributed by atoms with Crippen LogP contribution in [0.25, 0.3) is 0 Å². The summed E-state index contributed by atoms with van der Waals surface area (Å²) in [5, 5.41) is 7.03. The number of rotatable bonds is 4. The summed E-state index contributed by atoms with van der Waals surface area (Å²) in [5.74, 6) is 0. The fourth-order valence-electron chi connectivity index (χ4n) is 1.98. The third kappa shape index (κ3) is 3.30. The van der Waals surface area contributed by atoms with Crippen LogP contribution in [-0.4, -0.2) is 19.1 Å². The average Bonchev–Trinajstić information content (AvgIpc) is 2.76. The quantitative estimate of drug-likeness (QED) is 0.819. The van der Waals surface area contributed by atoms with E-state index in [0.29, 0.717) is 0 Å². The van der Waals surface area contributed by atoms with Gasteiger partial charge in [0.25, 0.3) is 0 Å². The van der Waals surface area contributed by atoms with Crippen molar-refractivity contribution in [1.82, 2.24) is 10.6 Å². The van der Waals surface area contributed by atoms with Crippen LogP contribution in [-0.2, 0) is 13.0 Å². The van der Waals surface area contributed by atoms with Gasteiger partial charge < -0.3 is 10.6 Å². The van der Waals surface area contributed by atoms with Gasteiger partial charge >= 0.3 is 0 Å². The molecule has 0 unspecified atom stereocenters. The summed E-state index contributed by atoms with van der Waals surface area (Å²) in [6.45, 7) is 5.61. The minimum Gasteiger partial charge on any atom is -0.317 e. The molecule has 2 rings (SSSR count). The van der Waals surface area contributed by atoms with Gasteiger partial charge in [-0.05, 0) is 44.5 Å². The Hall–Kier alpha value is -0.380. The summed E-state index contributed by atoms with van der Waals surface area (Å²) >= 11 is 1.94. The maximum Gasteiger partial charge on any atom is 0.0302 e. The molecule has 2 N–H and O–H groups in total. The molecule has 0 saturated carbocycles. The topological polar surface area (TPSA) is 24.1 Å². The Morgan fingerprint density at radius 3 is 2.73 bits per heavy atom. The van der Waals surface area contributed by atoms with Crippen molar-refractivity contribution in [3.05, 3.63) is 21.9 Å². The molecule has 1 aliphatic rings. The lowest BCUT2D eigenvalue weighted by Crippen LogP contribution is -2.39. The van der Waals surface area contributed by atoms with Crippen molar-refractivity contribution in [2.45, 2.75) is 38.8 Å². The van der Waals surface area contributed by atoms with E-state index in [1.807, 2.05) is 11.3 Å². The van der Waals surface area contributed by atoms with Crippen LogP contribution < -0.4 is 10.6 Å². The summed E-state index contributed by atoms with van der Waals surface area (Å²) in [5.41, 5.74) is 0. The summed E-state index contributed by atoms with van der Waals surface area (Å²) in [7, 11) is 0. The Bertz CT molecular complexity index is 290. The Labute approximate surface area is 96.1 Å². The van der Waals surface area contributed by atoms with E-state index in [4.69, 9.17) is 0 Å². The van der Waals surface area contributed by atoms with Gasteiger partial charge in [0.05, 0.1) is 0 Å². The standard InChI is InChI=1S/C12H20N2S/c1-2-11-3-4-12(15-11)9-14-10-5-7-13-8-6-10/h3-4,10,13-14H,2,5-9H2,1H3. The minimum atomic E-state index is 0.721. The van der Waals surface area contributed by atoms with Crippen LogP contribution in [0.1, 0.15) is 29.5 Å². The highest BCUT2D eigenvalue weighted by Crippen LogP contribution is 2.17. The monoisotopic (exact) mass is 224 g/mol. The maximum absolute atomic E-state index is 3.65. The molecule has 1 aromatic heterocycles. The SMILES string of the molecule is CCc1ccc(CNC2CCNCC2)s1. The highest BCUT2D eigenvalue weighted by atomic mass is 32.1. The molecule has 2 heterocycles. The van der Waals surface area contributed by atoms with Crippen molar-refractivity contribution < 1.29 is 0 Å². The zero-order valence-electron chi connectivity index (χ0n) is 9.38. The molecule has 1 aliphatic heterocycles. The van der Waals surface area contributed by atoms with Gasteiger partial charge in [0.15, 0.2) is 0 Å². The van der Waals surface area contributed by atoms with E-state index in [-0.39, 0.29) is 0 Å². The molecule has 1 aromatic rings. The highest BCUT2D eigenvalue weighted by molar-refractivity contribution is 7.11. The zero-order chi connectivity index (χ0) is 10.5. The fourth-order valence-corrected chi connectivity index (χ4v) is 2.89. The first-order chi connectivity index (χ1) is 7.38. The number of nitrogens with one attached hydrogen (secondary N) is 2. The smallest absolute Gasteiger partial charge is 0.0302 e. The van der Waals surface area contributed by atoms with Crippen molar-refractivity contribution in [3.8, 4) is 0 Å². The van der Waals surface area contributed by atoms with Gasteiger partial charge in [-0.2, -0.15) is 0 Å². The van der Waals surface area contributed by atoms with Gasteiger partial charge in [-0.1, -0.05) is 6.92 Å². The number of piperidine rings is 1. The first kappa shape index (κ1) is 11.1. The molecule has 15 heavy (non-hydrogen) atoms. The van der Waals surface area contributed by atoms with Gasteiger partial charge in [0, 0.05) is 22.3 Å². The molecule has 3 heteroatoms. The zero-order valence-corrected chi connectivity index (χ0v) is 10.2. The van der Waals surface area contributed by atoms with E-state index in [0.717, 1.165) is 19.0 Å². The second kappa shape index (κ2) is 5.64. The molecule has 0 spiro atoms. The van der Waals surface area contributed by atoms with Crippen molar-refractivity contribution in [2.24, 2.45) is 0 Å². The molecule has 1 saturated heterocycles. The molecule has 0 radical (unpaired) electrons. The lowest BCUT2D eigenvalue weighted by Gasteiger charge is -2.23. The van der Waals surface area contributed by atoms with Crippen molar-refractivity contribution in [3.63, 3.8) is 0 Å². The number of hydrogen-bond acceptors (Lipinski definition) is 3. The van der Waals surface area contributed by atoms with E-state index < -0.39 is 0 Å². The highest BCUT2D eigenvalue weighted by Gasteiger charge is 2.11. The predicted octanol–water partition coefficient (Wildman–Crippen LogP) is 2.15. The second-order valence-corrected chi connectivity index (χ2v) is 5.38. The van der Waals surface area contributed by atoms with Crippen LogP contribution >= 0.6 is 11.3 Å². The fraction of sp³-hybridized carbons (Fsp3) is 0.667. The van der Waals surface area contributed by atoms with Gasteiger partial charge in [-0.3, -0.25) is 0 Å². The lowest BCUT2D eigenvalue weighted by atomic mass is 10.1. The van der Waals surface area contributed by atoms with Gasteiger partial charge in [0.2, 0.25) is 0 Å². The van der Waals surface area contributed by atoms with Crippen LogP contribution in [0, 0.1) is 0 Å². The molecule has 2 nitrogen and oxygen atoms in total. The Balaban J connectivity index is 1.76. The van der Waals surface area contributed by atoms with Gasteiger partial charge in [-0.25, -0.2) is 0 Å². The molecule has 0 bridgehead atoms. The van der Waals surface area contributed by atoms with E-state index >= 15 is 0 Å². The first-order valence-electron chi connectivity index (χ1n) is 5.90. The molecule has 84 valence electrons. The minimum absolute atomic E-state index is 0.721. The number of aryl methyl sites for hydroxylation is 1. The van der Waals surface area contributed by atoms with Gasteiger partial charge in [-0.15, -0.1) is 11.3 Å². The van der Waals surface area contributed by atoms with E-state index in [9.17, 15) is 0 Å². The van der Waals surface area contributed by atoms with Gasteiger partial charge in [0.1, 0.15) is 0 Å². The second-order valence-electron chi connectivity index (χ2n) is 4.13. The third-order valence-electron chi connectivity index (χ3n) is 2.97. The Morgan fingerprint density at radius 1 is 1.33 bits per heavy atom. The molecule has 0 aliphatic carbocycles. The molecular weight excluding hydrogens is 204 g/mol. The Kier molecular flexibility index (Phi) is 4.18. The van der Waals surface area contributed by atoms with Crippen LogP contribution in [0.15, 0.2) is 12.1 Å². The largest absolute Gasteiger partial charge is 0.317 e. The lowest BCUT2D eigenvalue weighted by molar-refractivity contribution is 0.387. The third-order valence-corrected chi connectivity index (χ3v) is 4.20. The van der Waals surface area contributed by atoms with Crippen LogP contribution in [0.3, 0.4) is 0 Å². The van der Waals surface area contributed by atoms with E-state index in [1.165, 1.54) is 35.7 Å². The van der Waals surface area contributed by atoms with Crippen LogP contribution in [0.4, 0.5) is 0 Å². The van der Waals surface area contributed by atoms with Crippen molar-refractivity contribution in [1.29, 1.82) is 0 Å². The summed E-state index contributed by atoms with van der Waals surface area (Å²) < 4.78 is 0. The summed E-state index contributed by atoms with van der Waals surface area (Å²) in [6.07, 6.45) is 3.70. The Morgan fingerprint density at radius 2 is 2.07 bits per heavy atom. The predicted molar refractivity (Wildman–Crippen MR) is 66.4 cm³/mol. The molecule has 0 atom stereocenters. The summed E-state index contributed by atoms with van der Waals surface area (Å²) in [6, 6.07) is 5.24. The van der Waals surface area contributed by atoms with Crippen molar-refractivity contribution >= 4 is 11.3 Å². The van der Waals surface area contributed by atoms with E-state index in [2.05, 4.69) is 29.7 Å². The molecule has 1 fully saturated rings. The van der Waals surface area contributed by atoms with Crippen molar-refractivity contribution in [2.75, 3.05) is 13.1 Å². The average molecular weight is 224 g/mol. The van der Waals surface area contributed by atoms with E-state index in [1.54, 1.807) is 0 Å². The first-order valence-corrected chi connectivity index (χ1v) is 6.72. The summed E-state index contributed by atoms with van der Waals surface area (Å²) in [4.78, 5) is 2.97. The number of thiophene rings is 1. The maximum atomic E-state index is 3.65. The van der Waals surface area contributed by atoms with Crippen LogP contribution in [0.2, 0.25) is 0 Å².